The lowest BCUT2D eigenvalue weighted by Crippen LogP contribution is -2.36. The molecule has 0 spiro atoms. The van der Waals surface area contributed by atoms with Gasteiger partial charge >= 0.3 is 5.00 Å². The van der Waals surface area contributed by atoms with Crippen LogP contribution >= 0.6 is 11.3 Å². The Kier molecular flexibility index (Phi) is 5.26. The van der Waals surface area contributed by atoms with Crippen LogP contribution in [-0.4, -0.2) is 47.2 Å². The summed E-state index contributed by atoms with van der Waals surface area (Å²) in [5, 5.41) is 25.5. The summed E-state index contributed by atoms with van der Waals surface area (Å²) in [6.07, 6.45) is 2.06. The van der Waals surface area contributed by atoms with E-state index in [1.807, 2.05) is 0 Å². The molecule has 1 aliphatic heterocycles. The fraction of sp³-hybridized carbons (Fsp3) is 0.667. The number of rotatable bonds is 7. The maximum absolute atomic E-state index is 10.5. The molecule has 0 bridgehead atoms. The van der Waals surface area contributed by atoms with Gasteiger partial charge in [-0.1, -0.05) is 11.3 Å². The summed E-state index contributed by atoms with van der Waals surface area (Å²) in [6.45, 7) is 3.93. The molecule has 1 atom stereocenters. The Hall–Kier alpha value is -1.02. The van der Waals surface area contributed by atoms with Crippen molar-refractivity contribution >= 4 is 16.3 Å². The molecule has 6 nitrogen and oxygen atoms in total. The summed E-state index contributed by atoms with van der Waals surface area (Å²) in [5.41, 5.74) is 0.894. The van der Waals surface area contributed by atoms with Gasteiger partial charge in [0.1, 0.15) is 0 Å². The fourth-order valence-corrected chi connectivity index (χ4v) is 2.99. The number of likely N-dealkylation sites (tertiary alicyclic amines) is 1. The van der Waals surface area contributed by atoms with Crippen molar-refractivity contribution < 1.29 is 10.0 Å². The molecule has 19 heavy (non-hydrogen) atoms. The summed E-state index contributed by atoms with van der Waals surface area (Å²) in [7, 11) is 0. The maximum atomic E-state index is 10.5. The topological polar surface area (TPSA) is 78.6 Å². The monoisotopic (exact) mass is 285 g/mol. The van der Waals surface area contributed by atoms with E-state index >= 15 is 0 Å². The van der Waals surface area contributed by atoms with Gasteiger partial charge in [0.2, 0.25) is 0 Å². The van der Waals surface area contributed by atoms with E-state index in [1.54, 1.807) is 11.4 Å². The Balaban J connectivity index is 1.65. The molecule has 0 aromatic carbocycles. The highest BCUT2D eigenvalue weighted by Crippen LogP contribution is 2.22. The molecule has 0 amide bonds. The highest BCUT2D eigenvalue weighted by molar-refractivity contribution is 7.13. The number of hydrogen-bond donors (Lipinski definition) is 2. The molecule has 1 aromatic rings. The zero-order chi connectivity index (χ0) is 13.7. The summed E-state index contributed by atoms with van der Waals surface area (Å²) in [5.74, 6) is 0. The van der Waals surface area contributed by atoms with Crippen molar-refractivity contribution in [2.75, 3.05) is 26.2 Å². The quantitative estimate of drug-likeness (QED) is 0.581. The van der Waals surface area contributed by atoms with E-state index in [0.29, 0.717) is 19.6 Å². The van der Waals surface area contributed by atoms with E-state index in [1.165, 1.54) is 12.8 Å². The van der Waals surface area contributed by atoms with Crippen LogP contribution in [0, 0.1) is 10.1 Å². The Morgan fingerprint density at radius 1 is 1.53 bits per heavy atom. The first-order chi connectivity index (χ1) is 9.15. The molecule has 2 heterocycles. The number of β-amino-alcohol motifs (C(OH)–C–C–N with tert-alkyl or cyclic N) is 1. The van der Waals surface area contributed by atoms with Crippen LogP contribution in [0.1, 0.15) is 18.4 Å². The first-order valence-corrected chi connectivity index (χ1v) is 7.36. The van der Waals surface area contributed by atoms with Gasteiger partial charge in [-0.25, -0.2) is 0 Å². The molecule has 7 heteroatoms. The second-order valence-corrected chi connectivity index (χ2v) is 5.73. The first-order valence-electron chi connectivity index (χ1n) is 6.48. The molecule has 1 fully saturated rings. The molecule has 1 saturated heterocycles. The van der Waals surface area contributed by atoms with Gasteiger partial charge in [-0.2, -0.15) is 0 Å². The van der Waals surface area contributed by atoms with Crippen LogP contribution in [0.25, 0.3) is 0 Å². The third kappa shape index (κ3) is 4.54. The third-order valence-electron chi connectivity index (χ3n) is 3.20. The average molecular weight is 285 g/mol. The second-order valence-electron chi connectivity index (χ2n) is 4.84. The van der Waals surface area contributed by atoms with E-state index in [0.717, 1.165) is 30.0 Å². The van der Waals surface area contributed by atoms with Crippen molar-refractivity contribution in [2.45, 2.75) is 25.5 Å². The number of nitrogens with one attached hydrogen (secondary N) is 1. The van der Waals surface area contributed by atoms with E-state index in [-0.39, 0.29) is 16.0 Å². The van der Waals surface area contributed by atoms with Crippen LogP contribution in [0.2, 0.25) is 0 Å². The Bertz CT molecular complexity index is 418. The summed E-state index contributed by atoms with van der Waals surface area (Å²) < 4.78 is 0. The summed E-state index contributed by atoms with van der Waals surface area (Å²) in [4.78, 5) is 12.4. The van der Waals surface area contributed by atoms with E-state index in [9.17, 15) is 15.2 Å². The lowest BCUT2D eigenvalue weighted by Gasteiger charge is -2.19. The molecule has 0 radical (unpaired) electrons. The molecule has 2 N–H and O–H groups in total. The fourth-order valence-electron chi connectivity index (χ4n) is 2.26. The minimum Gasteiger partial charge on any atom is -0.390 e. The van der Waals surface area contributed by atoms with Gasteiger partial charge in [0, 0.05) is 31.1 Å². The van der Waals surface area contributed by atoms with Crippen molar-refractivity contribution in [2.24, 2.45) is 0 Å². The van der Waals surface area contributed by atoms with Crippen LogP contribution in [0.4, 0.5) is 5.00 Å². The molecule has 0 aliphatic carbocycles. The van der Waals surface area contributed by atoms with Gasteiger partial charge in [0.05, 0.1) is 11.0 Å². The van der Waals surface area contributed by atoms with Gasteiger partial charge in [0.15, 0.2) is 0 Å². The van der Waals surface area contributed by atoms with E-state index < -0.39 is 0 Å². The van der Waals surface area contributed by atoms with E-state index in [4.69, 9.17) is 0 Å². The molecule has 2 rings (SSSR count). The van der Waals surface area contributed by atoms with Crippen LogP contribution in [0.5, 0.6) is 0 Å². The van der Waals surface area contributed by atoms with Gasteiger partial charge < -0.3 is 15.3 Å². The normalized spacial score (nSPS) is 17.7. The van der Waals surface area contributed by atoms with Gasteiger partial charge in [0.25, 0.3) is 0 Å². The third-order valence-corrected chi connectivity index (χ3v) is 4.13. The Morgan fingerprint density at radius 2 is 2.26 bits per heavy atom. The number of aliphatic hydroxyl groups is 1. The average Bonchev–Trinajstić information content (AvgIpc) is 3.00. The van der Waals surface area contributed by atoms with Crippen molar-refractivity contribution in [3.63, 3.8) is 0 Å². The molecular formula is C12H19N3O3S. The molecule has 106 valence electrons. The zero-order valence-electron chi connectivity index (χ0n) is 10.7. The molecular weight excluding hydrogens is 266 g/mol. The maximum Gasteiger partial charge on any atom is 0.324 e. The highest BCUT2D eigenvalue weighted by atomic mass is 32.1. The largest absolute Gasteiger partial charge is 0.390 e. The summed E-state index contributed by atoms with van der Waals surface area (Å²) >= 11 is 1.13. The predicted molar refractivity (Wildman–Crippen MR) is 74.4 cm³/mol. The predicted octanol–water partition coefficient (Wildman–Crippen LogP) is 1.20. The van der Waals surface area contributed by atoms with Crippen LogP contribution in [0.15, 0.2) is 11.4 Å². The number of aliphatic hydroxyl groups excluding tert-OH is 1. The van der Waals surface area contributed by atoms with Crippen molar-refractivity contribution in [1.82, 2.24) is 10.2 Å². The van der Waals surface area contributed by atoms with E-state index in [2.05, 4.69) is 10.2 Å². The lowest BCUT2D eigenvalue weighted by atomic mass is 10.3. The number of nitro groups is 1. The SMILES string of the molecule is O=[N+]([O-])c1cc(CNCC(O)CN2CCCC2)cs1. The second kappa shape index (κ2) is 6.95. The standard InChI is InChI=1S/C12H19N3O3S/c16-11(8-14-3-1-2-4-14)7-13-6-10-5-12(15(17)18)19-9-10/h5,9,11,13,16H,1-4,6-8H2. The van der Waals surface area contributed by atoms with Crippen LogP contribution in [-0.2, 0) is 6.54 Å². The van der Waals surface area contributed by atoms with Gasteiger partial charge in [-0.05, 0) is 31.5 Å². The minimum absolute atomic E-state index is 0.161. The van der Waals surface area contributed by atoms with Gasteiger partial charge in [-0.3, -0.25) is 10.1 Å². The van der Waals surface area contributed by atoms with Crippen molar-refractivity contribution in [3.05, 3.63) is 27.1 Å². The van der Waals surface area contributed by atoms with Crippen molar-refractivity contribution in [3.8, 4) is 0 Å². The molecule has 1 aliphatic rings. The van der Waals surface area contributed by atoms with Crippen LogP contribution in [0.3, 0.4) is 0 Å². The first kappa shape index (κ1) is 14.4. The Labute approximate surface area is 116 Å². The molecule has 1 aromatic heterocycles. The smallest absolute Gasteiger partial charge is 0.324 e. The number of thiophene rings is 1. The lowest BCUT2D eigenvalue weighted by molar-refractivity contribution is -0.380. The zero-order valence-corrected chi connectivity index (χ0v) is 11.6. The van der Waals surface area contributed by atoms with Gasteiger partial charge in [-0.15, -0.1) is 0 Å². The highest BCUT2D eigenvalue weighted by Gasteiger charge is 2.15. The van der Waals surface area contributed by atoms with Crippen LogP contribution < -0.4 is 5.32 Å². The Morgan fingerprint density at radius 3 is 2.89 bits per heavy atom. The number of hydrogen-bond acceptors (Lipinski definition) is 6. The summed E-state index contributed by atoms with van der Waals surface area (Å²) in [6, 6.07) is 1.57. The molecule has 1 unspecified atom stereocenters. The minimum atomic E-state index is -0.383. The number of nitrogens with zero attached hydrogens (tertiary/aromatic N) is 2. The molecule has 0 saturated carbocycles. The van der Waals surface area contributed by atoms with Crippen molar-refractivity contribution in [1.29, 1.82) is 0 Å².